The van der Waals surface area contributed by atoms with Gasteiger partial charge in [0.15, 0.2) is 12.6 Å². The molecule has 0 N–H and O–H groups in total. The average molecular weight is 300 g/mol. The van der Waals surface area contributed by atoms with Gasteiger partial charge in [-0.05, 0) is 25.7 Å². The van der Waals surface area contributed by atoms with Gasteiger partial charge in [0.1, 0.15) is 13.1 Å². The zero-order valence-electron chi connectivity index (χ0n) is 14.6. The first-order valence-corrected chi connectivity index (χ1v) is 8.34. The standard InChI is InChI=1S/C17H36N2O2/c1-18(2,14-16-20)12-10-8-6-5-7-9-11-13-19(3,4)15-17-21/h16-17H,5-15H2,1-4H3/q+2. The molecule has 0 saturated heterocycles. The molecule has 0 aromatic heterocycles. The van der Waals surface area contributed by atoms with Gasteiger partial charge >= 0.3 is 0 Å². The van der Waals surface area contributed by atoms with Crippen molar-refractivity contribution in [1.29, 1.82) is 0 Å². The molecule has 0 aromatic rings. The van der Waals surface area contributed by atoms with Gasteiger partial charge < -0.3 is 8.97 Å². The number of hydrogen-bond acceptors (Lipinski definition) is 2. The van der Waals surface area contributed by atoms with Crippen molar-refractivity contribution in [3.8, 4) is 0 Å². The summed E-state index contributed by atoms with van der Waals surface area (Å²) >= 11 is 0. The van der Waals surface area contributed by atoms with Gasteiger partial charge in [-0.3, -0.25) is 9.59 Å². The third-order valence-electron chi connectivity index (χ3n) is 4.16. The Bertz CT molecular complexity index is 261. The number of unbranched alkanes of at least 4 members (excludes halogenated alkanes) is 6. The van der Waals surface area contributed by atoms with Crippen LogP contribution in [-0.2, 0) is 9.59 Å². The predicted octanol–water partition coefficient (Wildman–Crippen LogP) is 2.27. The average Bonchev–Trinajstić information content (AvgIpc) is 2.36. The highest BCUT2D eigenvalue weighted by Crippen LogP contribution is 2.10. The largest absolute Gasteiger partial charge is 0.323 e. The molecule has 0 atom stereocenters. The molecule has 0 unspecified atom stereocenters. The van der Waals surface area contributed by atoms with E-state index in [9.17, 15) is 9.59 Å². The fourth-order valence-electron chi connectivity index (χ4n) is 2.55. The van der Waals surface area contributed by atoms with Gasteiger partial charge in [0.05, 0.1) is 41.3 Å². The number of hydrogen-bond donors (Lipinski definition) is 0. The quantitative estimate of drug-likeness (QED) is 0.280. The molecule has 0 rings (SSSR count). The Labute approximate surface area is 131 Å². The summed E-state index contributed by atoms with van der Waals surface area (Å²) in [5, 5.41) is 0. The van der Waals surface area contributed by atoms with Crippen molar-refractivity contribution >= 4 is 12.6 Å². The van der Waals surface area contributed by atoms with Crippen LogP contribution in [0.4, 0.5) is 0 Å². The minimum Gasteiger partial charge on any atom is -0.323 e. The Morgan fingerprint density at radius 1 is 0.571 bits per heavy atom. The summed E-state index contributed by atoms with van der Waals surface area (Å²) in [6.45, 7) is 3.43. The van der Waals surface area contributed by atoms with Gasteiger partial charge in [-0.2, -0.15) is 0 Å². The summed E-state index contributed by atoms with van der Waals surface area (Å²) in [4.78, 5) is 21.1. The first kappa shape index (κ1) is 20.3. The second kappa shape index (κ2) is 10.9. The normalized spacial score (nSPS) is 12.4. The Morgan fingerprint density at radius 3 is 1.14 bits per heavy atom. The highest BCUT2D eigenvalue weighted by Gasteiger charge is 2.13. The first-order chi connectivity index (χ1) is 9.83. The number of likely N-dealkylation sites (N-methyl/N-ethyl adjacent to an activating group) is 2. The van der Waals surface area contributed by atoms with Crippen LogP contribution >= 0.6 is 0 Å². The molecule has 0 bridgehead atoms. The second-order valence-electron chi connectivity index (χ2n) is 7.49. The van der Waals surface area contributed by atoms with E-state index in [0.29, 0.717) is 13.1 Å². The van der Waals surface area contributed by atoms with Crippen molar-refractivity contribution in [3.05, 3.63) is 0 Å². The summed E-state index contributed by atoms with van der Waals surface area (Å²) in [7, 11) is 8.48. The van der Waals surface area contributed by atoms with Crippen LogP contribution in [0, 0.1) is 0 Å². The minimum atomic E-state index is 0.620. The lowest BCUT2D eigenvalue weighted by molar-refractivity contribution is -0.881. The molecule has 0 spiro atoms. The molecule has 0 aromatic carbocycles. The molecule has 0 aliphatic heterocycles. The topological polar surface area (TPSA) is 34.1 Å². The summed E-state index contributed by atoms with van der Waals surface area (Å²) < 4.78 is 1.63. The SMILES string of the molecule is C[N+](C)(CC=O)CCCCCCCCC[N+](C)(C)CC=O. The van der Waals surface area contributed by atoms with Gasteiger partial charge in [0.25, 0.3) is 0 Å². The van der Waals surface area contributed by atoms with E-state index >= 15 is 0 Å². The van der Waals surface area contributed by atoms with Crippen molar-refractivity contribution in [2.75, 3.05) is 54.4 Å². The first-order valence-electron chi connectivity index (χ1n) is 8.34. The summed E-state index contributed by atoms with van der Waals surface area (Å²) in [5.74, 6) is 0. The van der Waals surface area contributed by atoms with Gasteiger partial charge in [-0.25, -0.2) is 0 Å². The maximum absolute atomic E-state index is 10.5. The van der Waals surface area contributed by atoms with Crippen molar-refractivity contribution in [2.24, 2.45) is 0 Å². The minimum absolute atomic E-state index is 0.620. The van der Waals surface area contributed by atoms with Crippen LogP contribution in [0.1, 0.15) is 44.9 Å². The Balaban J connectivity index is 3.41. The molecular weight excluding hydrogens is 264 g/mol. The highest BCUT2D eigenvalue weighted by atomic mass is 16.1. The molecule has 4 nitrogen and oxygen atoms in total. The number of nitrogens with zero attached hydrogens (tertiary/aromatic N) is 2. The molecule has 124 valence electrons. The molecule has 0 heterocycles. The summed E-state index contributed by atoms with van der Waals surface area (Å²) in [5.41, 5.74) is 0. The maximum Gasteiger partial charge on any atom is 0.174 e. The fraction of sp³-hybridized carbons (Fsp3) is 0.882. The molecule has 0 fully saturated rings. The maximum atomic E-state index is 10.5. The van der Waals surface area contributed by atoms with Crippen LogP contribution in [0.15, 0.2) is 0 Å². The Hall–Kier alpha value is -0.740. The van der Waals surface area contributed by atoms with Crippen LogP contribution in [0.5, 0.6) is 0 Å². The number of rotatable bonds is 14. The fourth-order valence-corrected chi connectivity index (χ4v) is 2.55. The summed E-state index contributed by atoms with van der Waals surface area (Å²) in [6, 6.07) is 0. The molecule has 4 heteroatoms. The van der Waals surface area contributed by atoms with E-state index in [2.05, 4.69) is 28.2 Å². The molecule has 0 saturated carbocycles. The third kappa shape index (κ3) is 12.7. The molecule has 0 radical (unpaired) electrons. The highest BCUT2D eigenvalue weighted by molar-refractivity contribution is 5.50. The van der Waals surface area contributed by atoms with Crippen molar-refractivity contribution in [2.45, 2.75) is 44.9 Å². The lowest BCUT2D eigenvalue weighted by Gasteiger charge is -2.27. The predicted molar refractivity (Wildman–Crippen MR) is 88.1 cm³/mol. The van der Waals surface area contributed by atoms with E-state index in [1.165, 1.54) is 44.9 Å². The lowest BCUT2D eigenvalue weighted by atomic mass is 10.1. The Kier molecular flexibility index (Phi) is 10.5. The lowest BCUT2D eigenvalue weighted by Crippen LogP contribution is -2.41. The van der Waals surface area contributed by atoms with Crippen molar-refractivity contribution < 1.29 is 18.6 Å². The number of carbonyl (C=O) groups is 2. The van der Waals surface area contributed by atoms with E-state index in [1.54, 1.807) is 0 Å². The van der Waals surface area contributed by atoms with Crippen LogP contribution in [0.3, 0.4) is 0 Å². The molecule has 0 aliphatic rings. The van der Waals surface area contributed by atoms with Gasteiger partial charge in [0.2, 0.25) is 0 Å². The number of aldehydes is 2. The molecular formula is C17H36N2O2+2. The third-order valence-corrected chi connectivity index (χ3v) is 4.16. The van der Waals surface area contributed by atoms with Gasteiger partial charge in [0, 0.05) is 0 Å². The van der Waals surface area contributed by atoms with Crippen LogP contribution in [-0.4, -0.2) is 75.9 Å². The van der Waals surface area contributed by atoms with E-state index in [0.717, 1.165) is 34.6 Å². The monoisotopic (exact) mass is 300 g/mol. The molecule has 0 aliphatic carbocycles. The number of quaternary nitrogens is 2. The van der Waals surface area contributed by atoms with E-state index in [1.807, 2.05) is 0 Å². The number of carbonyl (C=O) groups excluding carboxylic acids is 2. The van der Waals surface area contributed by atoms with Gasteiger partial charge in [-0.15, -0.1) is 0 Å². The second-order valence-corrected chi connectivity index (χ2v) is 7.49. The van der Waals surface area contributed by atoms with Crippen molar-refractivity contribution in [3.63, 3.8) is 0 Å². The van der Waals surface area contributed by atoms with Crippen LogP contribution in [0.2, 0.25) is 0 Å². The Morgan fingerprint density at radius 2 is 0.857 bits per heavy atom. The summed E-state index contributed by atoms with van der Waals surface area (Å²) in [6.07, 6.45) is 10.9. The smallest absolute Gasteiger partial charge is 0.174 e. The molecule has 21 heavy (non-hydrogen) atoms. The van der Waals surface area contributed by atoms with Crippen LogP contribution < -0.4 is 0 Å². The zero-order chi connectivity index (χ0) is 16.2. The van der Waals surface area contributed by atoms with Crippen LogP contribution in [0.25, 0.3) is 0 Å². The van der Waals surface area contributed by atoms with E-state index < -0.39 is 0 Å². The zero-order valence-corrected chi connectivity index (χ0v) is 14.6. The van der Waals surface area contributed by atoms with E-state index in [4.69, 9.17) is 0 Å². The van der Waals surface area contributed by atoms with Crippen molar-refractivity contribution in [1.82, 2.24) is 0 Å². The van der Waals surface area contributed by atoms with E-state index in [-0.39, 0.29) is 0 Å². The van der Waals surface area contributed by atoms with Gasteiger partial charge in [-0.1, -0.05) is 19.3 Å². The molecule has 0 amide bonds.